The Hall–Kier alpha value is -1.40. The number of methoxy groups -OCH3 is 1. The van der Waals surface area contributed by atoms with Crippen molar-refractivity contribution in [2.75, 3.05) is 44.7 Å². The zero-order chi connectivity index (χ0) is 14.4. The summed E-state index contributed by atoms with van der Waals surface area (Å²) in [5, 5.41) is 0. The average molecular weight is 279 g/mol. The molecule has 6 nitrogen and oxygen atoms in total. The van der Waals surface area contributed by atoms with Crippen LogP contribution < -0.4 is 15.4 Å². The van der Waals surface area contributed by atoms with Gasteiger partial charge in [0.2, 0.25) is 11.8 Å². The molecule has 112 valence electrons. The maximum atomic E-state index is 5.88. The number of piperazine rings is 1. The zero-order valence-electron chi connectivity index (χ0n) is 12.5. The highest BCUT2D eigenvalue weighted by molar-refractivity contribution is 5.32. The van der Waals surface area contributed by atoms with Gasteiger partial charge in [-0.1, -0.05) is 13.3 Å². The van der Waals surface area contributed by atoms with Gasteiger partial charge in [0.05, 0.1) is 7.11 Å². The van der Waals surface area contributed by atoms with Crippen LogP contribution in [0.3, 0.4) is 0 Å². The van der Waals surface area contributed by atoms with Crippen molar-refractivity contribution < 1.29 is 4.74 Å². The first kappa shape index (κ1) is 15.0. The first-order valence-corrected chi connectivity index (χ1v) is 7.34. The number of aromatic nitrogens is 2. The van der Waals surface area contributed by atoms with Gasteiger partial charge in [-0.05, 0) is 6.42 Å². The lowest BCUT2D eigenvalue weighted by molar-refractivity contribution is 0.179. The first-order valence-electron chi connectivity index (χ1n) is 7.34. The van der Waals surface area contributed by atoms with E-state index in [0.29, 0.717) is 11.9 Å². The van der Waals surface area contributed by atoms with E-state index < -0.39 is 0 Å². The molecule has 1 saturated heterocycles. The van der Waals surface area contributed by atoms with E-state index in [0.717, 1.165) is 38.7 Å². The Kier molecular flexibility index (Phi) is 5.55. The van der Waals surface area contributed by atoms with E-state index in [1.165, 1.54) is 12.8 Å². The summed E-state index contributed by atoms with van der Waals surface area (Å²) in [7, 11) is 1.63. The van der Waals surface area contributed by atoms with Crippen molar-refractivity contribution in [2.24, 2.45) is 5.73 Å². The second kappa shape index (κ2) is 7.40. The number of rotatable bonds is 6. The highest BCUT2D eigenvalue weighted by Gasteiger charge is 2.23. The first-order chi connectivity index (χ1) is 9.78. The smallest absolute Gasteiger partial charge is 0.228 e. The van der Waals surface area contributed by atoms with Crippen molar-refractivity contribution in [3.8, 4) is 5.88 Å². The van der Waals surface area contributed by atoms with Crippen molar-refractivity contribution in [1.29, 1.82) is 0 Å². The predicted octanol–water partition coefficient (Wildman–Crippen LogP) is 0.735. The van der Waals surface area contributed by atoms with Gasteiger partial charge >= 0.3 is 0 Å². The lowest BCUT2D eigenvalue weighted by atomic mass is 10.1. The van der Waals surface area contributed by atoms with Crippen LogP contribution in [0.2, 0.25) is 0 Å². The Morgan fingerprint density at radius 3 is 2.70 bits per heavy atom. The molecule has 2 rings (SSSR count). The second-order valence-electron chi connectivity index (χ2n) is 5.10. The highest BCUT2D eigenvalue weighted by atomic mass is 16.5. The van der Waals surface area contributed by atoms with Gasteiger partial charge in [0.25, 0.3) is 0 Å². The summed E-state index contributed by atoms with van der Waals surface area (Å²) in [6.07, 6.45) is 4.10. The number of nitrogens with two attached hydrogens (primary N) is 1. The lowest BCUT2D eigenvalue weighted by Gasteiger charge is -2.38. The van der Waals surface area contributed by atoms with Crippen LogP contribution in [-0.4, -0.2) is 60.7 Å². The average Bonchev–Trinajstić information content (AvgIpc) is 2.53. The van der Waals surface area contributed by atoms with Crippen LogP contribution >= 0.6 is 0 Å². The van der Waals surface area contributed by atoms with E-state index in [-0.39, 0.29) is 0 Å². The van der Waals surface area contributed by atoms with E-state index in [4.69, 9.17) is 10.5 Å². The van der Waals surface area contributed by atoms with Crippen LogP contribution in [0, 0.1) is 0 Å². The number of hydrogen-bond donors (Lipinski definition) is 1. The van der Waals surface area contributed by atoms with Gasteiger partial charge in [-0.25, -0.2) is 4.98 Å². The Labute approximate surface area is 120 Å². The third-order valence-electron chi connectivity index (χ3n) is 3.83. The zero-order valence-corrected chi connectivity index (χ0v) is 12.5. The van der Waals surface area contributed by atoms with Crippen molar-refractivity contribution in [2.45, 2.75) is 25.8 Å². The minimum atomic E-state index is 0.508. The van der Waals surface area contributed by atoms with E-state index in [1.807, 2.05) is 0 Å². The van der Waals surface area contributed by atoms with Crippen LogP contribution in [0.15, 0.2) is 12.3 Å². The fourth-order valence-electron chi connectivity index (χ4n) is 2.67. The molecular formula is C14H25N5O. The quantitative estimate of drug-likeness (QED) is 0.828. The predicted molar refractivity (Wildman–Crippen MR) is 80.1 cm³/mol. The molecule has 6 heteroatoms. The van der Waals surface area contributed by atoms with Crippen LogP contribution in [0.5, 0.6) is 5.88 Å². The molecule has 0 radical (unpaired) electrons. The molecule has 0 aromatic carbocycles. The molecular weight excluding hydrogens is 254 g/mol. The molecule has 1 aliphatic heterocycles. The number of nitrogens with zero attached hydrogens (tertiary/aromatic N) is 4. The molecule has 2 N–H and O–H groups in total. The summed E-state index contributed by atoms with van der Waals surface area (Å²) < 4.78 is 5.15. The van der Waals surface area contributed by atoms with E-state index in [1.54, 1.807) is 19.4 Å². The summed E-state index contributed by atoms with van der Waals surface area (Å²) in [6.45, 7) is 6.86. The minimum Gasteiger partial charge on any atom is -0.481 e. The molecule has 1 fully saturated rings. The van der Waals surface area contributed by atoms with Gasteiger partial charge in [-0.2, -0.15) is 4.98 Å². The lowest BCUT2D eigenvalue weighted by Crippen LogP contribution is -2.52. The molecule has 0 amide bonds. The summed E-state index contributed by atoms with van der Waals surface area (Å²) in [4.78, 5) is 13.4. The normalized spacial score (nSPS) is 18.1. The molecule has 0 spiro atoms. The van der Waals surface area contributed by atoms with Crippen molar-refractivity contribution in [3.05, 3.63) is 12.3 Å². The Morgan fingerprint density at radius 2 is 2.10 bits per heavy atom. The summed E-state index contributed by atoms with van der Waals surface area (Å²) in [6, 6.07) is 2.28. The third kappa shape index (κ3) is 3.58. The maximum Gasteiger partial charge on any atom is 0.228 e. The van der Waals surface area contributed by atoms with Gasteiger partial charge in [-0.15, -0.1) is 0 Å². The standard InChI is InChI=1S/C14H25N5O/c1-3-4-12(11-15)18-7-9-19(10-8-18)14-16-6-5-13(17-14)20-2/h5-6,12H,3-4,7-11,15H2,1-2H3. The van der Waals surface area contributed by atoms with Crippen LogP contribution in [0.25, 0.3) is 0 Å². The number of anilines is 1. The molecule has 1 aliphatic rings. The molecule has 2 heterocycles. The monoisotopic (exact) mass is 279 g/mol. The highest BCUT2D eigenvalue weighted by Crippen LogP contribution is 2.16. The van der Waals surface area contributed by atoms with Gasteiger partial charge in [0, 0.05) is 51.0 Å². The van der Waals surface area contributed by atoms with Crippen molar-refractivity contribution in [3.63, 3.8) is 0 Å². The molecule has 0 saturated carbocycles. The number of hydrogen-bond acceptors (Lipinski definition) is 6. The van der Waals surface area contributed by atoms with Crippen molar-refractivity contribution >= 4 is 5.95 Å². The molecule has 0 aliphatic carbocycles. The fourth-order valence-corrected chi connectivity index (χ4v) is 2.67. The topological polar surface area (TPSA) is 67.5 Å². The van der Waals surface area contributed by atoms with E-state index >= 15 is 0 Å². The summed E-state index contributed by atoms with van der Waals surface area (Å²) >= 11 is 0. The summed E-state index contributed by atoms with van der Waals surface area (Å²) in [5.41, 5.74) is 5.88. The van der Waals surface area contributed by atoms with Crippen LogP contribution in [0.1, 0.15) is 19.8 Å². The molecule has 20 heavy (non-hydrogen) atoms. The Bertz CT molecular complexity index is 406. The van der Waals surface area contributed by atoms with Crippen molar-refractivity contribution in [1.82, 2.24) is 14.9 Å². The molecule has 1 atom stereocenters. The van der Waals surface area contributed by atoms with Gasteiger partial charge in [-0.3, -0.25) is 4.90 Å². The van der Waals surface area contributed by atoms with E-state index in [2.05, 4.69) is 26.7 Å². The maximum absolute atomic E-state index is 5.88. The van der Waals surface area contributed by atoms with Crippen LogP contribution in [-0.2, 0) is 0 Å². The largest absolute Gasteiger partial charge is 0.481 e. The second-order valence-corrected chi connectivity index (χ2v) is 5.10. The van der Waals surface area contributed by atoms with Gasteiger partial charge in [0.15, 0.2) is 0 Å². The van der Waals surface area contributed by atoms with Crippen LogP contribution in [0.4, 0.5) is 5.95 Å². The number of ether oxygens (including phenoxy) is 1. The van der Waals surface area contributed by atoms with Gasteiger partial charge < -0.3 is 15.4 Å². The molecule has 1 aromatic heterocycles. The fraction of sp³-hybridized carbons (Fsp3) is 0.714. The Morgan fingerprint density at radius 1 is 1.35 bits per heavy atom. The SMILES string of the molecule is CCCC(CN)N1CCN(c2nccc(OC)n2)CC1. The third-order valence-corrected chi connectivity index (χ3v) is 3.83. The minimum absolute atomic E-state index is 0.508. The van der Waals surface area contributed by atoms with Gasteiger partial charge in [0.1, 0.15) is 0 Å². The molecule has 1 unspecified atom stereocenters. The molecule has 0 bridgehead atoms. The molecule has 1 aromatic rings. The van der Waals surface area contributed by atoms with E-state index in [9.17, 15) is 0 Å². The Balaban J connectivity index is 1.93. The summed E-state index contributed by atoms with van der Waals surface area (Å²) in [5.74, 6) is 1.37.